The fourth-order valence-corrected chi connectivity index (χ4v) is 3.58. The molecule has 2 heterocycles. The highest BCUT2D eigenvalue weighted by molar-refractivity contribution is 5.94. The topological polar surface area (TPSA) is 105 Å². The maximum absolute atomic E-state index is 14.1. The van der Waals surface area contributed by atoms with E-state index in [2.05, 4.69) is 25.9 Å². The van der Waals surface area contributed by atoms with Crippen LogP contribution in [-0.4, -0.2) is 28.0 Å². The molecular weight excluding hydrogens is 347 g/mol. The lowest BCUT2D eigenvalue weighted by molar-refractivity contribution is -0.116. The summed E-state index contributed by atoms with van der Waals surface area (Å²) < 4.78 is 14.1. The van der Waals surface area contributed by atoms with Crippen LogP contribution in [0.2, 0.25) is 0 Å². The third-order valence-corrected chi connectivity index (χ3v) is 5.11. The molecule has 0 saturated heterocycles. The first-order chi connectivity index (χ1) is 13.1. The van der Waals surface area contributed by atoms with Crippen molar-refractivity contribution in [3.8, 4) is 0 Å². The number of amides is 1. The van der Waals surface area contributed by atoms with Gasteiger partial charge in [-0.05, 0) is 55.9 Å². The van der Waals surface area contributed by atoms with Crippen LogP contribution in [0, 0.1) is 5.82 Å². The van der Waals surface area contributed by atoms with E-state index in [0.29, 0.717) is 18.8 Å². The summed E-state index contributed by atoms with van der Waals surface area (Å²) in [5.74, 6) is 0.0949. The summed E-state index contributed by atoms with van der Waals surface area (Å²) in [5.41, 5.74) is 8.61. The molecule has 1 amide bonds. The Morgan fingerprint density at radius 3 is 2.81 bits per heavy atom. The van der Waals surface area contributed by atoms with Gasteiger partial charge < -0.3 is 21.7 Å². The Balaban J connectivity index is 1.47. The minimum atomic E-state index is -0.469. The molecule has 1 aromatic heterocycles. The molecule has 1 aliphatic carbocycles. The minimum Gasteiger partial charge on any atom is -0.365 e. The van der Waals surface area contributed by atoms with Crippen LogP contribution < -0.4 is 21.7 Å². The molecule has 5 N–H and O–H groups in total. The number of hydrogen-bond acceptors (Lipinski definition) is 6. The molecular formula is C19H23FN6O. The van der Waals surface area contributed by atoms with E-state index in [-0.39, 0.29) is 23.8 Å². The van der Waals surface area contributed by atoms with Crippen molar-refractivity contribution in [2.45, 2.75) is 50.6 Å². The summed E-state index contributed by atoms with van der Waals surface area (Å²) in [4.78, 5) is 19.8. The SMILES string of the molecule is N[C@H]1CC[C@@H](Nc2nc(Nc3ccc4c(c3)CCC(=O)N4)ncc2F)CC1. The summed E-state index contributed by atoms with van der Waals surface area (Å²) >= 11 is 0. The van der Waals surface area contributed by atoms with Crippen molar-refractivity contribution in [3.63, 3.8) is 0 Å². The van der Waals surface area contributed by atoms with Crippen molar-refractivity contribution >= 4 is 29.0 Å². The van der Waals surface area contributed by atoms with Gasteiger partial charge in [0.05, 0.1) is 6.20 Å². The Bertz CT molecular complexity index is 850. The van der Waals surface area contributed by atoms with Crippen molar-refractivity contribution in [2.75, 3.05) is 16.0 Å². The molecule has 27 heavy (non-hydrogen) atoms. The first-order valence-corrected chi connectivity index (χ1v) is 9.31. The number of anilines is 4. The van der Waals surface area contributed by atoms with Gasteiger partial charge in [-0.15, -0.1) is 0 Å². The van der Waals surface area contributed by atoms with Gasteiger partial charge >= 0.3 is 0 Å². The molecule has 4 rings (SSSR count). The summed E-state index contributed by atoms with van der Waals surface area (Å²) in [6, 6.07) is 6.06. The van der Waals surface area contributed by atoms with Gasteiger partial charge in [-0.1, -0.05) is 0 Å². The standard InChI is InChI=1S/C19H23FN6O/c20-15-10-22-19(26-18(15)23-13-4-2-12(21)3-5-13)24-14-6-7-16-11(9-14)1-8-17(27)25-16/h6-7,9-10,12-13H,1-5,8,21H2,(H,25,27)(H2,22,23,24,26)/t12-,13+. The first-order valence-electron chi connectivity index (χ1n) is 9.31. The second kappa shape index (κ2) is 7.48. The number of fused-ring (bicyclic) bond motifs is 1. The minimum absolute atomic E-state index is 0.0319. The van der Waals surface area contributed by atoms with E-state index in [1.165, 1.54) is 6.20 Å². The predicted molar refractivity (Wildman–Crippen MR) is 103 cm³/mol. The van der Waals surface area contributed by atoms with Gasteiger partial charge in [0, 0.05) is 29.9 Å². The molecule has 1 saturated carbocycles. The summed E-state index contributed by atoms with van der Waals surface area (Å²) in [6.45, 7) is 0. The van der Waals surface area contributed by atoms with Gasteiger partial charge in [-0.2, -0.15) is 4.98 Å². The highest BCUT2D eigenvalue weighted by Crippen LogP contribution is 2.27. The normalized spacial score (nSPS) is 21.9. The Hall–Kier alpha value is -2.74. The van der Waals surface area contributed by atoms with Gasteiger partial charge in [-0.3, -0.25) is 4.79 Å². The second-order valence-electron chi connectivity index (χ2n) is 7.19. The van der Waals surface area contributed by atoms with Crippen molar-refractivity contribution in [1.29, 1.82) is 0 Å². The molecule has 0 atom stereocenters. The molecule has 0 bridgehead atoms. The van der Waals surface area contributed by atoms with Crippen LogP contribution in [0.25, 0.3) is 0 Å². The van der Waals surface area contributed by atoms with Crippen LogP contribution in [0.15, 0.2) is 24.4 Å². The average Bonchev–Trinajstić information content (AvgIpc) is 2.66. The maximum Gasteiger partial charge on any atom is 0.229 e. The fraction of sp³-hybridized carbons (Fsp3) is 0.421. The zero-order valence-electron chi connectivity index (χ0n) is 15.0. The number of carbonyl (C=O) groups excluding carboxylic acids is 1. The van der Waals surface area contributed by atoms with Crippen molar-refractivity contribution in [1.82, 2.24) is 9.97 Å². The van der Waals surface area contributed by atoms with Crippen molar-refractivity contribution in [2.24, 2.45) is 5.73 Å². The highest BCUT2D eigenvalue weighted by atomic mass is 19.1. The lowest BCUT2D eigenvalue weighted by atomic mass is 9.92. The van der Waals surface area contributed by atoms with E-state index < -0.39 is 5.82 Å². The third-order valence-electron chi connectivity index (χ3n) is 5.11. The van der Waals surface area contributed by atoms with Crippen LogP contribution >= 0.6 is 0 Å². The molecule has 8 heteroatoms. The first kappa shape index (κ1) is 17.7. The number of nitrogens with two attached hydrogens (primary N) is 1. The molecule has 2 aromatic rings. The fourth-order valence-electron chi connectivity index (χ4n) is 3.58. The van der Waals surface area contributed by atoms with Crippen LogP contribution in [0.5, 0.6) is 0 Å². The van der Waals surface area contributed by atoms with Gasteiger partial charge in [0.15, 0.2) is 11.6 Å². The Kier molecular flexibility index (Phi) is 4.89. The molecule has 2 aliphatic rings. The zero-order chi connectivity index (χ0) is 18.8. The van der Waals surface area contributed by atoms with Crippen molar-refractivity contribution < 1.29 is 9.18 Å². The monoisotopic (exact) mass is 370 g/mol. The largest absolute Gasteiger partial charge is 0.365 e. The van der Waals surface area contributed by atoms with E-state index in [0.717, 1.165) is 42.6 Å². The van der Waals surface area contributed by atoms with Gasteiger partial charge in [-0.25, -0.2) is 9.37 Å². The number of rotatable bonds is 4. The predicted octanol–water partition coefficient (Wildman–Crippen LogP) is 2.93. The van der Waals surface area contributed by atoms with Gasteiger partial charge in [0.1, 0.15) is 0 Å². The average molecular weight is 370 g/mol. The number of hydrogen-bond donors (Lipinski definition) is 4. The van der Waals surface area contributed by atoms with E-state index in [1.54, 1.807) is 0 Å². The number of aryl methyl sites for hydroxylation is 1. The smallest absolute Gasteiger partial charge is 0.229 e. The Labute approximate surface area is 157 Å². The molecule has 0 unspecified atom stereocenters. The third kappa shape index (κ3) is 4.16. The summed E-state index contributed by atoms with van der Waals surface area (Å²) in [7, 11) is 0. The molecule has 7 nitrogen and oxygen atoms in total. The van der Waals surface area contributed by atoms with E-state index >= 15 is 0 Å². The van der Waals surface area contributed by atoms with Crippen molar-refractivity contribution in [3.05, 3.63) is 35.8 Å². The Morgan fingerprint density at radius 2 is 2.00 bits per heavy atom. The summed E-state index contributed by atoms with van der Waals surface area (Å²) in [5, 5.41) is 9.15. The second-order valence-corrected chi connectivity index (χ2v) is 7.19. The molecule has 1 aromatic carbocycles. The molecule has 0 radical (unpaired) electrons. The zero-order valence-corrected chi connectivity index (χ0v) is 15.0. The van der Waals surface area contributed by atoms with Gasteiger partial charge in [0.2, 0.25) is 11.9 Å². The summed E-state index contributed by atoms with van der Waals surface area (Å²) in [6.07, 6.45) is 6.02. The highest BCUT2D eigenvalue weighted by Gasteiger charge is 2.20. The van der Waals surface area contributed by atoms with E-state index in [9.17, 15) is 9.18 Å². The molecule has 142 valence electrons. The number of carbonyl (C=O) groups is 1. The Morgan fingerprint density at radius 1 is 1.19 bits per heavy atom. The number of aromatic nitrogens is 2. The lowest BCUT2D eigenvalue weighted by Crippen LogP contribution is -2.33. The van der Waals surface area contributed by atoms with Crippen LogP contribution in [0.1, 0.15) is 37.7 Å². The molecule has 0 spiro atoms. The van der Waals surface area contributed by atoms with Crippen LogP contribution in [0.3, 0.4) is 0 Å². The number of nitrogens with zero attached hydrogens (tertiary/aromatic N) is 2. The van der Waals surface area contributed by atoms with E-state index in [1.807, 2.05) is 18.2 Å². The number of benzene rings is 1. The quantitative estimate of drug-likeness (QED) is 0.660. The molecule has 1 fully saturated rings. The maximum atomic E-state index is 14.1. The number of halogens is 1. The van der Waals surface area contributed by atoms with Gasteiger partial charge in [0.25, 0.3) is 0 Å². The van der Waals surface area contributed by atoms with Crippen LogP contribution in [0.4, 0.5) is 27.5 Å². The van der Waals surface area contributed by atoms with Crippen LogP contribution in [-0.2, 0) is 11.2 Å². The van der Waals surface area contributed by atoms with E-state index in [4.69, 9.17) is 5.73 Å². The lowest BCUT2D eigenvalue weighted by Gasteiger charge is -2.27. The molecule has 1 aliphatic heterocycles. The number of nitrogens with one attached hydrogen (secondary N) is 3.